The predicted octanol–water partition coefficient (Wildman–Crippen LogP) is 2.06. The Morgan fingerprint density at radius 1 is 1.19 bits per heavy atom. The second-order valence-corrected chi connectivity index (χ2v) is 7.71. The maximum atomic E-state index is 13.0. The summed E-state index contributed by atoms with van der Waals surface area (Å²) in [5.41, 5.74) is 1.92. The van der Waals surface area contributed by atoms with Gasteiger partial charge in [-0.25, -0.2) is 9.97 Å². The summed E-state index contributed by atoms with van der Waals surface area (Å²) in [7, 11) is 3.91. The molecule has 0 radical (unpaired) electrons. The van der Waals surface area contributed by atoms with E-state index in [1.807, 2.05) is 43.3 Å². The fourth-order valence-corrected chi connectivity index (χ4v) is 3.63. The van der Waals surface area contributed by atoms with Gasteiger partial charge in [-0.3, -0.25) is 19.1 Å². The molecule has 0 unspecified atom stereocenters. The van der Waals surface area contributed by atoms with Gasteiger partial charge in [0.2, 0.25) is 5.91 Å². The summed E-state index contributed by atoms with van der Waals surface area (Å²) >= 11 is 1.48. The SMILES string of the molecule is Cc1ncn(CC(=O)N(CCN(C)C)c2nc3ccccc3s2)c(=O)c1C. The van der Waals surface area contributed by atoms with Crippen molar-refractivity contribution >= 4 is 32.6 Å². The predicted molar refractivity (Wildman–Crippen MR) is 108 cm³/mol. The van der Waals surface area contributed by atoms with Gasteiger partial charge in [0, 0.05) is 24.3 Å². The minimum Gasteiger partial charge on any atom is -0.308 e. The number of anilines is 1. The lowest BCUT2D eigenvalue weighted by atomic mass is 10.3. The van der Waals surface area contributed by atoms with E-state index in [-0.39, 0.29) is 18.0 Å². The second-order valence-electron chi connectivity index (χ2n) is 6.70. The van der Waals surface area contributed by atoms with E-state index in [9.17, 15) is 9.59 Å². The molecule has 8 heteroatoms. The van der Waals surface area contributed by atoms with Crippen LogP contribution in [0.15, 0.2) is 35.4 Å². The molecule has 0 atom stereocenters. The van der Waals surface area contributed by atoms with Crippen molar-refractivity contribution in [2.45, 2.75) is 20.4 Å². The van der Waals surface area contributed by atoms with Crippen LogP contribution in [0.5, 0.6) is 0 Å². The number of fused-ring (bicyclic) bond motifs is 1. The van der Waals surface area contributed by atoms with Crippen molar-refractivity contribution in [1.29, 1.82) is 0 Å². The van der Waals surface area contributed by atoms with Crippen molar-refractivity contribution in [2.24, 2.45) is 0 Å². The van der Waals surface area contributed by atoms with Gasteiger partial charge in [-0.15, -0.1) is 0 Å². The Hall–Kier alpha value is -2.58. The number of nitrogens with zero attached hydrogens (tertiary/aromatic N) is 5. The Morgan fingerprint density at radius 3 is 2.63 bits per heavy atom. The van der Waals surface area contributed by atoms with Crippen LogP contribution in [-0.4, -0.2) is 52.5 Å². The first-order valence-electron chi connectivity index (χ1n) is 8.70. The molecule has 1 aromatic carbocycles. The molecule has 142 valence electrons. The molecule has 0 aliphatic rings. The molecular formula is C19H23N5O2S. The van der Waals surface area contributed by atoms with Crippen molar-refractivity contribution in [3.8, 4) is 0 Å². The third kappa shape index (κ3) is 4.23. The van der Waals surface area contributed by atoms with Gasteiger partial charge in [0.05, 0.1) is 16.5 Å². The minimum atomic E-state index is -0.187. The Labute approximate surface area is 161 Å². The van der Waals surface area contributed by atoms with Crippen molar-refractivity contribution in [3.63, 3.8) is 0 Å². The summed E-state index contributed by atoms with van der Waals surface area (Å²) in [6.45, 7) is 4.65. The van der Waals surface area contributed by atoms with Gasteiger partial charge >= 0.3 is 0 Å². The van der Waals surface area contributed by atoms with E-state index in [0.29, 0.717) is 29.5 Å². The normalized spacial score (nSPS) is 11.3. The molecule has 7 nitrogen and oxygen atoms in total. The van der Waals surface area contributed by atoms with Crippen LogP contribution in [0, 0.1) is 13.8 Å². The van der Waals surface area contributed by atoms with Crippen molar-refractivity contribution in [1.82, 2.24) is 19.4 Å². The zero-order valence-electron chi connectivity index (χ0n) is 16.0. The first-order valence-corrected chi connectivity index (χ1v) is 9.52. The van der Waals surface area contributed by atoms with Gasteiger partial charge in [0.15, 0.2) is 5.13 Å². The van der Waals surface area contributed by atoms with Gasteiger partial charge in [-0.1, -0.05) is 23.5 Å². The zero-order valence-corrected chi connectivity index (χ0v) is 16.8. The molecule has 3 rings (SSSR count). The van der Waals surface area contributed by atoms with Gasteiger partial charge in [0.25, 0.3) is 5.56 Å². The largest absolute Gasteiger partial charge is 0.308 e. The molecule has 0 fully saturated rings. The number of carbonyl (C=O) groups excluding carboxylic acids is 1. The molecule has 0 saturated heterocycles. The Bertz CT molecular complexity index is 991. The lowest BCUT2D eigenvalue weighted by Crippen LogP contribution is -2.40. The zero-order chi connectivity index (χ0) is 19.6. The van der Waals surface area contributed by atoms with Crippen LogP contribution in [0.3, 0.4) is 0 Å². The number of aryl methyl sites for hydroxylation is 1. The smallest absolute Gasteiger partial charge is 0.256 e. The summed E-state index contributed by atoms with van der Waals surface area (Å²) in [6, 6.07) is 7.80. The fraction of sp³-hybridized carbons (Fsp3) is 0.368. The molecule has 3 aromatic rings. The van der Waals surface area contributed by atoms with E-state index in [2.05, 4.69) is 9.97 Å². The van der Waals surface area contributed by atoms with Crippen LogP contribution in [0.4, 0.5) is 5.13 Å². The summed E-state index contributed by atoms with van der Waals surface area (Å²) < 4.78 is 2.39. The maximum absolute atomic E-state index is 13.0. The van der Waals surface area contributed by atoms with Crippen molar-refractivity contribution in [2.75, 3.05) is 32.1 Å². The van der Waals surface area contributed by atoms with Gasteiger partial charge in [-0.2, -0.15) is 0 Å². The molecule has 0 N–H and O–H groups in total. The van der Waals surface area contributed by atoms with Gasteiger partial charge < -0.3 is 4.90 Å². The fourth-order valence-electron chi connectivity index (χ4n) is 2.62. The summed E-state index contributed by atoms with van der Waals surface area (Å²) in [5, 5.41) is 0.646. The number of thiazole rings is 1. The van der Waals surface area contributed by atoms with Gasteiger partial charge in [-0.05, 0) is 40.1 Å². The highest BCUT2D eigenvalue weighted by Gasteiger charge is 2.21. The third-order valence-corrected chi connectivity index (χ3v) is 5.47. The second kappa shape index (κ2) is 7.98. The molecule has 0 saturated carbocycles. The Morgan fingerprint density at radius 2 is 1.93 bits per heavy atom. The number of benzene rings is 1. The molecule has 27 heavy (non-hydrogen) atoms. The standard InChI is InChI=1S/C19H23N5O2S/c1-13-14(2)20-12-23(18(13)26)11-17(25)24(10-9-22(3)4)19-21-15-7-5-6-8-16(15)27-19/h5-8,12H,9-11H2,1-4H3. The number of carbonyl (C=O) groups is 1. The molecule has 1 amide bonds. The number of para-hydroxylation sites is 1. The maximum Gasteiger partial charge on any atom is 0.256 e. The number of amides is 1. The summed E-state index contributed by atoms with van der Waals surface area (Å²) in [6.07, 6.45) is 1.44. The summed E-state index contributed by atoms with van der Waals surface area (Å²) in [5.74, 6) is -0.178. The van der Waals surface area contributed by atoms with Crippen LogP contribution >= 0.6 is 11.3 Å². The number of hydrogen-bond donors (Lipinski definition) is 0. The van der Waals surface area contributed by atoms with E-state index in [1.54, 1.807) is 18.7 Å². The molecule has 2 heterocycles. The quantitative estimate of drug-likeness (QED) is 0.650. The topological polar surface area (TPSA) is 71.3 Å². The highest BCUT2D eigenvalue weighted by Crippen LogP contribution is 2.28. The van der Waals surface area contributed by atoms with E-state index in [1.165, 1.54) is 22.2 Å². The monoisotopic (exact) mass is 385 g/mol. The van der Waals surface area contributed by atoms with Crippen LogP contribution in [0.2, 0.25) is 0 Å². The lowest BCUT2D eigenvalue weighted by molar-refractivity contribution is -0.119. The molecule has 0 spiro atoms. The van der Waals surface area contributed by atoms with E-state index in [4.69, 9.17) is 0 Å². The van der Waals surface area contributed by atoms with E-state index in [0.717, 1.165) is 10.2 Å². The Balaban J connectivity index is 1.91. The van der Waals surface area contributed by atoms with E-state index >= 15 is 0 Å². The number of rotatable bonds is 6. The molecular weight excluding hydrogens is 362 g/mol. The van der Waals surface area contributed by atoms with Gasteiger partial charge in [0.1, 0.15) is 6.54 Å². The summed E-state index contributed by atoms with van der Waals surface area (Å²) in [4.78, 5) is 37.9. The molecule has 0 bridgehead atoms. The Kier molecular flexibility index (Phi) is 5.67. The number of likely N-dealkylation sites (N-methyl/N-ethyl adjacent to an activating group) is 1. The third-order valence-electron chi connectivity index (χ3n) is 4.41. The number of aromatic nitrogens is 3. The number of hydrogen-bond acceptors (Lipinski definition) is 6. The minimum absolute atomic E-state index is 0.0592. The molecule has 0 aliphatic carbocycles. The average molecular weight is 385 g/mol. The highest BCUT2D eigenvalue weighted by molar-refractivity contribution is 7.22. The average Bonchev–Trinajstić information content (AvgIpc) is 3.06. The van der Waals surface area contributed by atoms with E-state index < -0.39 is 0 Å². The molecule has 2 aromatic heterocycles. The first kappa shape index (κ1) is 19.2. The van der Waals surface area contributed by atoms with Crippen LogP contribution in [0.1, 0.15) is 11.3 Å². The lowest BCUT2D eigenvalue weighted by Gasteiger charge is -2.22. The first-order chi connectivity index (χ1) is 12.9. The van der Waals surface area contributed by atoms with Crippen LogP contribution in [-0.2, 0) is 11.3 Å². The molecule has 0 aliphatic heterocycles. The van der Waals surface area contributed by atoms with Crippen molar-refractivity contribution in [3.05, 3.63) is 52.2 Å². The van der Waals surface area contributed by atoms with Crippen LogP contribution < -0.4 is 10.5 Å². The van der Waals surface area contributed by atoms with Crippen molar-refractivity contribution < 1.29 is 4.79 Å². The van der Waals surface area contributed by atoms with Crippen LogP contribution in [0.25, 0.3) is 10.2 Å². The highest BCUT2D eigenvalue weighted by atomic mass is 32.1.